The highest BCUT2D eigenvalue weighted by molar-refractivity contribution is 8.13. The summed E-state index contributed by atoms with van der Waals surface area (Å²) in [6, 6.07) is 0. The smallest absolute Gasteiger partial charge is 0.269 e. The molecule has 5 heteroatoms. The van der Waals surface area contributed by atoms with E-state index in [2.05, 4.69) is 0 Å². The van der Waals surface area contributed by atoms with Crippen molar-refractivity contribution in [2.75, 3.05) is 5.75 Å². The zero-order chi connectivity index (χ0) is 9.56. The van der Waals surface area contributed by atoms with Crippen LogP contribution in [0.4, 0.5) is 13.2 Å². The van der Waals surface area contributed by atoms with E-state index < -0.39 is 12.6 Å². The van der Waals surface area contributed by atoms with Crippen LogP contribution in [0.15, 0.2) is 0 Å². The molecule has 12 heavy (non-hydrogen) atoms. The number of rotatable bonds is 5. The van der Waals surface area contributed by atoms with Crippen LogP contribution in [0.25, 0.3) is 0 Å². The molecule has 0 bridgehead atoms. The van der Waals surface area contributed by atoms with Crippen molar-refractivity contribution in [3.63, 3.8) is 0 Å². The Morgan fingerprint density at radius 3 is 2.42 bits per heavy atom. The molecule has 0 aliphatic carbocycles. The van der Waals surface area contributed by atoms with Crippen molar-refractivity contribution < 1.29 is 18.0 Å². The zero-order valence-corrected chi connectivity index (χ0v) is 7.54. The van der Waals surface area contributed by atoms with E-state index in [9.17, 15) is 18.0 Å². The van der Waals surface area contributed by atoms with Crippen LogP contribution in [0.1, 0.15) is 19.8 Å². The Balaban J connectivity index is 3.25. The fourth-order valence-electron chi connectivity index (χ4n) is 0.620. The Morgan fingerprint density at radius 2 is 2.00 bits per heavy atom. The second-order valence-electron chi connectivity index (χ2n) is 2.33. The van der Waals surface area contributed by atoms with Crippen LogP contribution in [0.2, 0.25) is 0 Å². The van der Waals surface area contributed by atoms with E-state index >= 15 is 0 Å². The minimum atomic E-state index is -2.90. The van der Waals surface area contributed by atoms with Gasteiger partial charge in [-0.3, -0.25) is 4.79 Å². The van der Waals surface area contributed by atoms with Gasteiger partial charge in [0.25, 0.3) is 6.43 Å². The molecule has 0 aromatic rings. The van der Waals surface area contributed by atoms with Crippen LogP contribution < -0.4 is 0 Å². The van der Waals surface area contributed by atoms with Crippen molar-refractivity contribution in [3.05, 3.63) is 0 Å². The lowest BCUT2D eigenvalue weighted by Crippen LogP contribution is -2.11. The van der Waals surface area contributed by atoms with E-state index in [0.717, 1.165) is 11.8 Å². The maximum Gasteiger partial charge on any atom is 0.269 e. The molecule has 0 N–H and O–H groups in total. The Labute approximate surface area is 73.7 Å². The maximum absolute atomic E-state index is 12.2. The Hall–Kier alpha value is -0.190. The molecular formula is C7H11F3OS. The first-order chi connectivity index (χ1) is 5.54. The minimum absolute atomic E-state index is 0.0672. The van der Waals surface area contributed by atoms with Crippen molar-refractivity contribution in [1.29, 1.82) is 0 Å². The molecule has 0 saturated carbocycles. The van der Waals surface area contributed by atoms with Gasteiger partial charge in [0.2, 0.25) is 0 Å². The number of alkyl halides is 3. The van der Waals surface area contributed by atoms with Crippen molar-refractivity contribution in [2.45, 2.75) is 32.4 Å². The van der Waals surface area contributed by atoms with Crippen molar-refractivity contribution >= 4 is 16.9 Å². The number of hydrogen-bond donors (Lipinski definition) is 0. The average Bonchev–Trinajstić information content (AvgIpc) is 1.97. The number of hydrogen-bond acceptors (Lipinski definition) is 2. The van der Waals surface area contributed by atoms with Crippen LogP contribution in [0.3, 0.4) is 0 Å². The molecule has 0 spiro atoms. The number of carbonyl (C=O) groups excluding carboxylic acids is 1. The molecule has 0 saturated heterocycles. The molecule has 0 aliphatic rings. The molecule has 0 aromatic heterocycles. The molecule has 72 valence electrons. The summed E-state index contributed by atoms with van der Waals surface area (Å²) in [5, 5.41) is -0.0672. The van der Waals surface area contributed by atoms with Gasteiger partial charge < -0.3 is 0 Å². The van der Waals surface area contributed by atoms with Crippen LogP contribution in [-0.2, 0) is 4.79 Å². The van der Waals surface area contributed by atoms with Gasteiger partial charge in [0.1, 0.15) is 0 Å². The highest BCUT2D eigenvalue weighted by Crippen LogP contribution is 2.14. The summed E-state index contributed by atoms with van der Waals surface area (Å²) in [6.45, 7) is 1.39. The Morgan fingerprint density at radius 1 is 1.42 bits per heavy atom. The fraction of sp³-hybridized carbons (Fsp3) is 0.857. The summed E-state index contributed by atoms with van der Waals surface area (Å²) >= 11 is 1.03. The van der Waals surface area contributed by atoms with E-state index in [1.54, 1.807) is 0 Å². The first-order valence-corrected chi connectivity index (χ1v) is 4.58. The van der Waals surface area contributed by atoms with Gasteiger partial charge in [-0.1, -0.05) is 11.8 Å². The third-order valence-corrected chi connectivity index (χ3v) is 2.10. The Bertz CT molecular complexity index is 141. The highest BCUT2D eigenvalue weighted by atomic mass is 32.2. The molecule has 1 nitrogen and oxygen atoms in total. The van der Waals surface area contributed by atoms with Crippen LogP contribution in [-0.4, -0.2) is 23.5 Å². The number of thioether (sulfide) groups is 1. The normalized spacial score (nSPS) is 13.4. The second-order valence-corrected chi connectivity index (χ2v) is 3.60. The molecule has 0 fully saturated rings. The van der Waals surface area contributed by atoms with Gasteiger partial charge in [-0.2, -0.15) is 0 Å². The SMILES string of the molecule is CC(=O)SCCCC(F)C(F)F. The maximum atomic E-state index is 12.2. The summed E-state index contributed by atoms with van der Waals surface area (Å²) in [5.41, 5.74) is 0. The van der Waals surface area contributed by atoms with Gasteiger partial charge in [-0.05, 0) is 12.8 Å². The third-order valence-electron chi connectivity index (χ3n) is 1.20. The Kier molecular flexibility index (Phi) is 6.24. The summed E-state index contributed by atoms with van der Waals surface area (Å²) in [4.78, 5) is 10.3. The molecule has 0 rings (SSSR count). The van der Waals surface area contributed by atoms with Gasteiger partial charge >= 0.3 is 0 Å². The van der Waals surface area contributed by atoms with Gasteiger partial charge in [-0.15, -0.1) is 0 Å². The standard InChI is InChI=1S/C7H11F3OS/c1-5(11)12-4-2-3-6(8)7(9)10/h6-7H,2-4H2,1H3. The van der Waals surface area contributed by atoms with Crippen molar-refractivity contribution in [2.24, 2.45) is 0 Å². The first-order valence-electron chi connectivity index (χ1n) is 3.59. The molecule has 1 unspecified atom stereocenters. The predicted molar refractivity (Wildman–Crippen MR) is 43.3 cm³/mol. The molecule has 0 heterocycles. The van der Waals surface area contributed by atoms with E-state index in [-0.39, 0.29) is 11.5 Å². The summed E-state index contributed by atoms with van der Waals surface area (Å²) in [7, 11) is 0. The van der Waals surface area contributed by atoms with Crippen molar-refractivity contribution in [1.82, 2.24) is 0 Å². The lowest BCUT2D eigenvalue weighted by atomic mass is 10.2. The monoisotopic (exact) mass is 200 g/mol. The minimum Gasteiger partial charge on any atom is -0.288 e. The van der Waals surface area contributed by atoms with Crippen LogP contribution in [0, 0.1) is 0 Å². The van der Waals surface area contributed by atoms with Gasteiger partial charge in [0.15, 0.2) is 11.3 Å². The van der Waals surface area contributed by atoms with Crippen molar-refractivity contribution in [3.8, 4) is 0 Å². The summed E-state index contributed by atoms with van der Waals surface area (Å²) in [5.74, 6) is 0.419. The topological polar surface area (TPSA) is 17.1 Å². The number of halogens is 3. The summed E-state index contributed by atoms with van der Waals surface area (Å²) < 4.78 is 35.3. The molecule has 0 aliphatic heterocycles. The lowest BCUT2D eigenvalue weighted by Gasteiger charge is -2.04. The van der Waals surface area contributed by atoms with E-state index in [1.165, 1.54) is 6.92 Å². The van der Waals surface area contributed by atoms with Gasteiger partial charge in [0, 0.05) is 12.7 Å². The van der Waals surface area contributed by atoms with E-state index in [0.29, 0.717) is 12.2 Å². The largest absolute Gasteiger partial charge is 0.288 e. The highest BCUT2D eigenvalue weighted by Gasteiger charge is 2.17. The van der Waals surface area contributed by atoms with E-state index in [4.69, 9.17) is 0 Å². The van der Waals surface area contributed by atoms with E-state index in [1.807, 2.05) is 0 Å². The zero-order valence-electron chi connectivity index (χ0n) is 6.73. The third kappa shape index (κ3) is 6.52. The predicted octanol–water partition coefficient (Wildman–Crippen LogP) is 2.65. The molecule has 0 amide bonds. The molecule has 0 aromatic carbocycles. The average molecular weight is 200 g/mol. The van der Waals surface area contributed by atoms with Crippen LogP contribution >= 0.6 is 11.8 Å². The fourth-order valence-corrected chi connectivity index (χ4v) is 1.22. The molecule has 1 atom stereocenters. The number of carbonyl (C=O) groups is 1. The van der Waals surface area contributed by atoms with Crippen LogP contribution in [0.5, 0.6) is 0 Å². The van der Waals surface area contributed by atoms with Gasteiger partial charge in [0.05, 0.1) is 0 Å². The van der Waals surface area contributed by atoms with Gasteiger partial charge in [-0.25, -0.2) is 13.2 Å². The summed E-state index contributed by atoms with van der Waals surface area (Å²) in [6.07, 6.45) is -4.79. The molecule has 0 radical (unpaired) electrons. The lowest BCUT2D eigenvalue weighted by molar-refractivity contribution is -0.109. The quantitative estimate of drug-likeness (QED) is 0.634. The molecular weight excluding hydrogens is 189 g/mol. The first kappa shape index (κ1) is 11.8. The second kappa shape index (κ2) is 6.34.